The maximum Gasteiger partial charge on any atom is 0.121 e. The largest absolute Gasteiger partial charge is 0.207 e. The molecule has 0 heterocycles. The Morgan fingerprint density at radius 1 is 1.21 bits per heavy atom. The Morgan fingerprint density at radius 3 is 2.50 bits per heavy atom. The molecule has 0 unspecified atom stereocenters. The second kappa shape index (κ2) is 8.31. The summed E-state index contributed by atoms with van der Waals surface area (Å²) in [5, 5.41) is 0. The van der Waals surface area contributed by atoms with Gasteiger partial charge < -0.3 is 0 Å². The lowest BCUT2D eigenvalue weighted by Gasteiger charge is -1.89. The van der Waals surface area contributed by atoms with Crippen LogP contribution in [0.4, 0.5) is 4.39 Å². The van der Waals surface area contributed by atoms with Gasteiger partial charge in [0.25, 0.3) is 0 Å². The molecule has 14 heavy (non-hydrogen) atoms. The van der Waals surface area contributed by atoms with E-state index in [1.807, 2.05) is 19.1 Å². The molecule has 0 atom stereocenters. The Bertz CT molecular complexity index is 291. The van der Waals surface area contributed by atoms with Crippen molar-refractivity contribution in [2.45, 2.75) is 33.6 Å². The van der Waals surface area contributed by atoms with E-state index >= 15 is 0 Å². The van der Waals surface area contributed by atoms with Gasteiger partial charge in [-0.2, -0.15) is 0 Å². The molecule has 76 valence electrons. The summed E-state index contributed by atoms with van der Waals surface area (Å²) in [6.45, 7) is 5.33. The Kier molecular flexibility index (Phi) is 7.55. The fraction of sp³-hybridized carbons (Fsp3) is 0.385. The van der Waals surface area contributed by atoms with Crippen molar-refractivity contribution < 1.29 is 4.39 Å². The van der Waals surface area contributed by atoms with Crippen LogP contribution in [0.25, 0.3) is 0 Å². The van der Waals surface area contributed by atoms with Gasteiger partial charge in [-0.3, -0.25) is 0 Å². The molecule has 0 aliphatic carbocycles. The summed E-state index contributed by atoms with van der Waals surface area (Å²) in [7, 11) is 0. The van der Waals surface area contributed by atoms with E-state index in [0.717, 1.165) is 12.8 Å². The maximum atomic E-state index is 12.9. The third-order valence-corrected chi connectivity index (χ3v) is 1.58. The van der Waals surface area contributed by atoms with Crippen LogP contribution in [0, 0.1) is 11.8 Å². The molecule has 0 bridgehead atoms. The summed E-state index contributed by atoms with van der Waals surface area (Å²) >= 11 is 0. The van der Waals surface area contributed by atoms with Crippen molar-refractivity contribution in [3.05, 3.63) is 35.7 Å². The smallest absolute Gasteiger partial charge is 0.121 e. The molecule has 0 aromatic rings. The number of halogens is 1. The summed E-state index contributed by atoms with van der Waals surface area (Å²) in [4.78, 5) is 0. The molecule has 0 rings (SSSR count). The first-order valence-corrected chi connectivity index (χ1v) is 4.72. The monoisotopic (exact) mass is 192 g/mol. The molecule has 1 heteroatoms. The SMILES string of the molecule is CC#CC/C=C\C/C=C\C(F)=C(C)C. The third-order valence-electron chi connectivity index (χ3n) is 1.58. The molecule has 0 aromatic heterocycles. The van der Waals surface area contributed by atoms with E-state index in [9.17, 15) is 4.39 Å². The fourth-order valence-electron chi connectivity index (χ4n) is 0.757. The van der Waals surface area contributed by atoms with Gasteiger partial charge in [-0.1, -0.05) is 24.1 Å². The predicted octanol–water partition coefficient (Wildman–Crippen LogP) is 4.17. The molecule has 0 saturated heterocycles. The van der Waals surface area contributed by atoms with E-state index in [4.69, 9.17) is 0 Å². The van der Waals surface area contributed by atoms with Gasteiger partial charge in [0.1, 0.15) is 5.83 Å². The lowest BCUT2D eigenvalue weighted by Crippen LogP contribution is -1.70. The number of allylic oxidation sites excluding steroid dienone is 6. The second-order valence-electron chi connectivity index (χ2n) is 3.09. The first-order chi connectivity index (χ1) is 6.68. The average molecular weight is 192 g/mol. The molecule has 0 aliphatic rings. The summed E-state index contributed by atoms with van der Waals surface area (Å²) < 4.78 is 12.9. The molecule has 0 aliphatic heterocycles. The Labute approximate surface area is 86.2 Å². The van der Waals surface area contributed by atoms with Gasteiger partial charge in [0.2, 0.25) is 0 Å². The average Bonchev–Trinajstić information content (AvgIpc) is 2.16. The van der Waals surface area contributed by atoms with Crippen LogP contribution >= 0.6 is 0 Å². The van der Waals surface area contributed by atoms with Crippen molar-refractivity contribution >= 4 is 0 Å². The summed E-state index contributed by atoms with van der Waals surface area (Å²) in [6, 6.07) is 0. The van der Waals surface area contributed by atoms with Crippen molar-refractivity contribution in [1.82, 2.24) is 0 Å². The van der Waals surface area contributed by atoms with E-state index in [-0.39, 0.29) is 5.83 Å². The standard InChI is InChI=1S/C13H17F/c1-4-5-6-7-8-9-10-11-13(14)12(2)3/h7-8,10-11H,6,9H2,1-3H3/b8-7-,11-10-. The van der Waals surface area contributed by atoms with E-state index in [1.165, 1.54) is 6.08 Å². The molecule has 0 nitrogen and oxygen atoms in total. The van der Waals surface area contributed by atoms with E-state index in [1.54, 1.807) is 19.9 Å². The molecule has 0 spiro atoms. The normalized spacial score (nSPS) is 10.3. The van der Waals surface area contributed by atoms with Crippen LogP contribution in [0.1, 0.15) is 33.6 Å². The molecular formula is C13H17F. The zero-order chi connectivity index (χ0) is 10.8. The number of hydrogen-bond acceptors (Lipinski definition) is 0. The van der Waals surface area contributed by atoms with Crippen molar-refractivity contribution in [3.63, 3.8) is 0 Å². The third kappa shape index (κ3) is 7.36. The Morgan fingerprint density at radius 2 is 1.93 bits per heavy atom. The van der Waals surface area contributed by atoms with Crippen LogP contribution < -0.4 is 0 Å². The Hall–Kier alpha value is -1.29. The second-order valence-corrected chi connectivity index (χ2v) is 3.09. The predicted molar refractivity (Wildman–Crippen MR) is 60.4 cm³/mol. The van der Waals surface area contributed by atoms with E-state index in [2.05, 4.69) is 11.8 Å². The van der Waals surface area contributed by atoms with Crippen molar-refractivity contribution in [2.24, 2.45) is 0 Å². The highest BCUT2D eigenvalue weighted by Gasteiger charge is 1.87. The highest BCUT2D eigenvalue weighted by molar-refractivity contribution is 5.17. The lowest BCUT2D eigenvalue weighted by molar-refractivity contribution is 0.654. The Balaban J connectivity index is 3.78. The highest BCUT2D eigenvalue weighted by atomic mass is 19.1. The first kappa shape index (κ1) is 12.7. The van der Waals surface area contributed by atoms with Gasteiger partial charge in [0, 0.05) is 6.42 Å². The lowest BCUT2D eigenvalue weighted by atomic mass is 10.2. The molecule has 0 aromatic carbocycles. The van der Waals surface area contributed by atoms with Crippen molar-refractivity contribution in [2.75, 3.05) is 0 Å². The molecule has 0 fully saturated rings. The van der Waals surface area contributed by atoms with E-state index in [0.29, 0.717) is 5.57 Å². The van der Waals surface area contributed by atoms with Gasteiger partial charge in [-0.05, 0) is 38.8 Å². The van der Waals surface area contributed by atoms with Crippen molar-refractivity contribution in [1.29, 1.82) is 0 Å². The van der Waals surface area contributed by atoms with Crippen LogP contribution in [0.2, 0.25) is 0 Å². The minimum absolute atomic E-state index is 0.147. The molecule has 0 radical (unpaired) electrons. The first-order valence-electron chi connectivity index (χ1n) is 4.72. The van der Waals surface area contributed by atoms with Crippen LogP contribution in [0.3, 0.4) is 0 Å². The minimum Gasteiger partial charge on any atom is -0.207 e. The maximum absolute atomic E-state index is 12.9. The molecule has 0 N–H and O–H groups in total. The minimum atomic E-state index is -0.147. The topological polar surface area (TPSA) is 0 Å². The molecule has 0 amide bonds. The molecule has 0 saturated carbocycles. The van der Waals surface area contributed by atoms with Gasteiger partial charge in [0.05, 0.1) is 0 Å². The zero-order valence-corrected chi connectivity index (χ0v) is 9.10. The van der Waals surface area contributed by atoms with Gasteiger partial charge in [-0.25, -0.2) is 4.39 Å². The van der Waals surface area contributed by atoms with Crippen molar-refractivity contribution in [3.8, 4) is 11.8 Å². The van der Waals surface area contributed by atoms with Gasteiger partial charge in [-0.15, -0.1) is 5.92 Å². The molecular weight excluding hydrogens is 175 g/mol. The van der Waals surface area contributed by atoms with Crippen LogP contribution in [-0.4, -0.2) is 0 Å². The summed E-state index contributed by atoms with van der Waals surface area (Å²) in [6.07, 6.45) is 8.81. The number of hydrogen-bond donors (Lipinski definition) is 0. The van der Waals surface area contributed by atoms with Crippen LogP contribution in [0.15, 0.2) is 35.7 Å². The van der Waals surface area contributed by atoms with Gasteiger partial charge in [0.15, 0.2) is 0 Å². The quantitative estimate of drug-likeness (QED) is 0.356. The zero-order valence-electron chi connectivity index (χ0n) is 9.10. The van der Waals surface area contributed by atoms with E-state index < -0.39 is 0 Å². The van der Waals surface area contributed by atoms with Crippen LogP contribution in [-0.2, 0) is 0 Å². The van der Waals surface area contributed by atoms with Gasteiger partial charge >= 0.3 is 0 Å². The van der Waals surface area contributed by atoms with Crippen LogP contribution in [0.5, 0.6) is 0 Å². The number of rotatable bonds is 4. The fourth-order valence-corrected chi connectivity index (χ4v) is 0.757. The highest BCUT2D eigenvalue weighted by Crippen LogP contribution is 2.06. The summed E-state index contributed by atoms with van der Waals surface area (Å²) in [5.74, 6) is 5.58. The summed E-state index contributed by atoms with van der Waals surface area (Å²) in [5.41, 5.74) is 0.710.